The summed E-state index contributed by atoms with van der Waals surface area (Å²) >= 11 is 0. The van der Waals surface area contributed by atoms with Gasteiger partial charge in [-0.15, -0.1) is 0 Å². The minimum Gasteiger partial charge on any atom is -0.495 e. The molecule has 2 aromatic heterocycles. The zero-order chi connectivity index (χ0) is 36.1. The standard InChI is InChI=1S/2C15H20N4O4S.CH4/c1-8(2)9-5-11(22-3)13(24(4,20)21)6-10(9)23-12-7-18-15(17)19-14(12)16;1-8(2)10-5-12(22-4)14(24(17,20)21)6-11(10)23-13-7-18-9(3)19-15(13)16;/h5-8H,1-4H3,(H4,16,17,18,19);5-8H,1-4H3,(H2,16,18,19)(H2,17,20,21);1H4. The molecule has 8 N–H and O–H groups in total. The number of methoxy groups -OCH3 is 2. The van der Waals surface area contributed by atoms with Crippen LogP contribution >= 0.6 is 0 Å². The molecular formula is C31H44N8O8S2. The van der Waals surface area contributed by atoms with Crippen LogP contribution in [0.25, 0.3) is 0 Å². The van der Waals surface area contributed by atoms with Crippen molar-refractivity contribution in [2.75, 3.05) is 37.7 Å². The van der Waals surface area contributed by atoms with Gasteiger partial charge in [0, 0.05) is 29.5 Å². The second-order valence-electron chi connectivity index (χ2n) is 11.1. The molecule has 0 aliphatic heterocycles. The number of nitrogen functional groups attached to an aromatic ring is 3. The fourth-order valence-corrected chi connectivity index (χ4v) is 5.82. The van der Waals surface area contributed by atoms with Gasteiger partial charge in [-0.3, -0.25) is 0 Å². The summed E-state index contributed by atoms with van der Waals surface area (Å²) in [6.07, 6.45) is 3.87. The molecule has 18 heteroatoms. The largest absolute Gasteiger partial charge is 0.495 e. The van der Waals surface area contributed by atoms with E-state index in [0.717, 1.165) is 17.4 Å². The van der Waals surface area contributed by atoms with Crippen LogP contribution < -0.4 is 41.3 Å². The van der Waals surface area contributed by atoms with Gasteiger partial charge in [-0.05, 0) is 30.9 Å². The van der Waals surface area contributed by atoms with Gasteiger partial charge >= 0.3 is 0 Å². The normalized spacial score (nSPS) is 11.3. The number of nitrogens with zero attached hydrogens (tertiary/aromatic N) is 4. The Morgan fingerprint density at radius 3 is 1.47 bits per heavy atom. The van der Waals surface area contributed by atoms with Crippen molar-refractivity contribution in [3.8, 4) is 34.5 Å². The molecule has 0 amide bonds. The van der Waals surface area contributed by atoms with E-state index in [9.17, 15) is 16.8 Å². The maximum Gasteiger partial charge on any atom is 0.241 e. The fraction of sp³-hybridized carbons (Fsp3) is 0.355. The SMILES string of the molecule is C.COc1cc(C(C)C)c(Oc2cnc(C)nc2N)cc1S(N)(=O)=O.COc1cc(C(C)C)c(Oc2cnc(N)nc2N)cc1S(C)(=O)=O. The molecule has 4 rings (SSSR count). The van der Waals surface area contributed by atoms with E-state index in [1.54, 1.807) is 19.1 Å². The van der Waals surface area contributed by atoms with Gasteiger partial charge in [-0.25, -0.2) is 36.9 Å². The van der Waals surface area contributed by atoms with Gasteiger partial charge in [-0.1, -0.05) is 35.1 Å². The summed E-state index contributed by atoms with van der Waals surface area (Å²) in [5, 5.41) is 5.26. The van der Waals surface area contributed by atoms with Crippen LogP contribution in [0.2, 0.25) is 0 Å². The molecule has 16 nitrogen and oxygen atoms in total. The van der Waals surface area contributed by atoms with Crippen LogP contribution in [-0.4, -0.2) is 57.2 Å². The minimum atomic E-state index is -3.99. The number of aromatic nitrogens is 4. The molecule has 0 radical (unpaired) electrons. The Kier molecular flexibility index (Phi) is 13.1. The summed E-state index contributed by atoms with van der Waals surface area (Å²) in [5.41, 5.74) is 18.6. The predicted molar refractivity (Wildman–Crippen MR) is 188 cm³/mol. The lowest BCUT2D eigenvalue weighted by Gasteiger charge is -2.18. The molecule has 0 saturated carbocycles. The van der Waals surface area contributed by atoms with E-state index in [2.05, 4.69) is 19.9 Å². The number of anilines is 3. The predicted octanol–water partition coefficient (Wildman–Crippen LogP) is 4.54. The first-order valence-electron chi connectivity index (χ1n) is 14.3. The van der Waals surface area contributed by atoms with E-state index < -0.39 is 19.9 Å². The fourth-order valence-electron chi connectivity index (χ4n) is 4.29. The monoisotopic (exact) mass is 720 g/mol. The number of primary sulfonamides is 1. The third-order valence-electron chi connectivity index (χ3n) is 6.69. The Morgan fingerprint density at radius 1 is 0.653 bits per heavy atom. The van der Waals surface area contributed by atoms with E-state index >= 15 is 0 Å². The molecule has 2 aromatic carbocycles. The third kappa shape index (κ3) is 10.0. The van der Waals surface area contributed by atoms with Gasteiger partial charge in [0.15, 0.2) is 33.0 Å². The highest BCUT2D eigenvalue weighted by Gasteiger charge is 2.23. The molecule has 0 unspecified atom stereocenters. The van der Waals surface area contributed by atoms with Crippen LogP contribution in [0.4, 0.5) is 17.6 Å². The number of rotatable bonds is 10. The van der Waals surface area contributed by atoms with Crippen molar-refractivity contribution >= 4 is 37.4 Å². The summed E-state index contributed by atoms with van der Waals surface area (Å²) in [6.45, 7) is 9.47. The van der Waals surface area contributed by atoms with Crippen LogP contribution in [-0.2, 0) is 19.9 Å². The van der Waals surface area contributed by atoms with E-state index in [4.69, 9.17) is 41.3 Å². The molecular weight excluding hydrogens is 677 g/mol. The zero-order valence-corrected chi connectivity index (χ0v) is 29.4. The summed E-state index contributed by atoms with van der Waals surface area (Å²) in [6, 6.07) is 5.97. The first-order valence-corrected chi connectivity index (χ1v) is 17.7. The molecule has 4 aromatic rings. The summed E-state index contributed by atoms with van der Waals surface area (Å²) in [4.78, 5) is 15.6. The number of ether oxygens (including phenoxy) is 4. The average molecular weight is 721 g/mol. The lowest BCUT2D eigenvalue weighted by molar-refractivity contribution is 0.398. The van der Waals surface area contributed by atoms with Crippen LogP contribution in [0, 0.1) is 6.92 Å². The van der Waals surface area contributed by atoms with Crippen molar-refractivity contribution < 1.29 is 35.8 Å². The topological polar surface area (TPSA) is 261 Å². The summed E-state index contributed by atoms with van der Waals surface area (Å²) < 4.78 is 69.5. The molecule has 0 spiro atoms. The number of hydrogen-bond donors (Lipinski definition) is 4. The van der Waals surface area contributed by atoms with E-state index in [-0.39, 0.29) is 69.6 Å². The van der Waals surface area contributed by atoms with Crippen molar-refractivity contribution in [2.24, 2.45) is 5.14 Å². The first-order chi connectivity index (χ1) is 22.3. The van der Waals surface area contributed by atoms with Crippen molar-refractivity contribution in [1.82, 2.24) is 19.9 Å². The van der Waals surface area contributed by atoms with Gasteiger partial charge in [0.25, 0.3) is 0 Å². The van der Waals surface area contributed by atoms with Gasteiger partial charge in [0.2, 0.25) is 16.0 Å². The second kappa shape index (κ2) is 16.0. The molecule has 0 fully saturated rings. The van der Waals surface area contributed by atoms with Crippen molar-refractivity contribution in [3.05, 3.63) is 53.6 Å². The van der Waals surface area contributed by atoms with Crippen LogP contribution in [0.15, 0.2) is 46.5 Å². The maximum atomic E-state index is 12.0. The Morgan fingerprint density at radius 2 is 1.08 bits per heavy atom. The minimum absolute atomic E-state index is 0. The number of nitrogens with two attached hydrogens (primary N) is 4. The lowest BCUT2D eigenvalue weighted by atomic mass is 10.0. The summed E-state index contributed by atoms with van der Waals surface area (Å²) in [7, 11) is -4.70. The lowest BCUT2D eigenvalue weighted by Crippen LogP contribution is -2.14. The number of sulfonamides is 1. The second-order valence-corrected chi connectivity index (χ2v) is 14.6. The van der Waals surface area contributed by atoms with Crippen LogP contribution in [0.5, 0.6) is 34.5 Å². The van der Waals surface area contributed by atoms with Crippen molar-refractivity contribution in [3.63, 3.8) is 0 Å². The zero-order valence-electron chi connectivity index (χ0n) is 27.8. The molecule has 49 heavy (non-hydrogen) atoms. The molecule has 0 aliphatic carbocycles. The quantitative estimate of drug-likeness (QED) is 0.175. The van der Waals surface area contributed by atoms with Gasteiger partial charge in [-0.2, -0.15) is 4.98 Å². The third-order valence-corrected chi connectivity index (χ3v) is 8.74. The van der Waals surface area contributed by atoms with Crippen molar-refractivity contribution in [1.29, 1.82) is 0 Å². The molecule has 0 aliphatic rings. The van der Waals surface area contributed by atoms with Gasteiger partial charge in [0.05, 0.1) is 26.6 Å². The van der Waals surface area contributed by atoms with Crippen molar-refractivity contribution in [2.45, 2.75) is 63.7 Å². The highest BCUT2D eigenvalue weighted by Crippen LogP contribution is 2.40. The molecule has 0 atom stereocenters. The van der Waals surface area contributed by atoms with Gasteiger partial charge in [0.1, 0.15) is 38.6 Å². The average Bonchev–Trinajstić information content (AvgIpc) is 2.98. The number of benzene rings is 2. The Labute approximate surface area is 287 Å². The van der Waals surface area contributed by atoms with Gasteiger partial charge < -0.3 is 36.1 Å². The molecule has 0 bridgehead atoms. The van der Waals surface area contributed by atoms with Crippen LogP contribution in [0.1, 0.15) is 63.9 Å². The molecule has 0 saturated heterocycles. The number of sulfone groups is 1. The van der Waals surface area contributed by atoms with E-state index in [1.165, 1.54) is 38.7 Å². The number of hydrogen-bond acceptors (Lipinski definition) is 15. The van der Waals surface area contributed by atoms with Crippen LogP contribution in [0.3, 0.4) is 0 Å². The Balaban J connectivity index is 0.000000333. The number of aryl methyl sites for hydroxylation is 1. The molecule has 268 valence electrons. The first kappa shape index (κ1) is 40.2. The maximum absolute atomic E-state index is 12.0. The highest BCUT2D eigenvalue weighted by atomic mass is 32.2. The highest BCUT2D eigenvalue weighted by molar-refractivity contribution is 7.90. The summed E-state index contributed by atoms with van der Waals surface area (Å²) in [5.74, 6) is 2.31. The van der Waals surface area contributed by atoms with E-state index in [0.29, 0.717) is 17.3 Å². The Bertz CT molecular complexity index is 1880. The smallest absolute Gasteiger partial charge is 0.241 e. The molecule has 2 heterocycles. The van der Waals surface area contributed by atoms with E-state index in [1.807, 2.05) is 27.7 Å². The Hall–Kier alpha value is -4.94.